The van der Waals surface area contributed by atoms with Crippen LogP contribution < -0.4 is 15.6 Å². The number of hydrogen-bond donors (Lipinski definition) is 2. The number of hydrogen-bond acceptors (Lipinski definition) is 4. The molecule has 0 aliphatic heterocycles. The number of Topliss-reactive ketones (excluding diaryl/α,β-unsaturated/α-hetero) is 1. The van der Waals surface area contributed by atoms with Gasteiger partial charge in [0, 0.05) is 11.1 Å². The molecule has 24 heavy (non-hydrogen) atoms. The number of amides is 2. The van der Waals surface area contributed by atoms with E-state index in [4.69, 9.17) is 4.74 Å². The monoisotopic (exact) mass is 330 g/mol. The lowest BCUT2D eigenvalue weighted by Gasteiger charge is -2.09. The number of carbonyl (C=O) groups is 3. The molecule has 0 bridgehead atoms. The first-order valence-electron chi connectivity index (χ1n) is 7.04. The summed E-state index contributed by atoms with van der Waals surface area (Å²) in [5.41, 5.74) is 5.12. The Morgan fingerprint density at radius 3 is 2.08 bits per heavy atom. The largest absolute Gasteiger partial charge is 0.484 e. The number of nitrogens with one attached hydrogen (secondary N) is 2. The summed E-state index contributed by atoms with van der Waals surface area (Å²) in [6.07, 6.45) is 0. The van der Waals surface area contributed by atoms with Crippen molar-refractivity contribution in [2.75, 3.05) is 6.61 Å². The number of hydrazine groups is 1. The Balaban J connectivity index is 1.77. The van der Waals surface area contributed by atoms with Gasteiger partial charge in [0.15, 0.2) is 12.4 Å². The van der Waals surface area contributed by atoms with Gasteiger partial charge >= 0.3 is 0 Å². The minimum absolute atomic E-state index is 0.0669. The number of halogens is 1. The molecule has 2 rings (SSSR count). The van der Waals surface area contributed by atoms with Crippen LogP contribution in [0.15, 0.2) is 48.5 Å². The molecule has 0 spiro atoms. The van der Waals surface area contributed by atoms with Crippen molar-refractivity contribution in [3.8, 4) is 5.75 Å². The van der Waals surface area contributed by atoms with Gasteiger partial charge in [0.2, 0.25) is 0 Å². The van der Waals surface area contributed by atoms with Gasteiger partial charge in [-0.2, -0.15) is 0 Å². The molecule has 0 aliphatic carbocycles. The molecule has 0 heterocycles. The summed E-state index contributed by atoms with van der Waals surface area (Å²) in [5.74, 6) is -1.25. The maximum atomic E-state index is 12.8. The second kappa shape index (κ2) is 7.87. The maximum Gasteiger partial charge on any atom is 0.276 e. The molecule has 2 N–H and O–H groups in total. The van der Waals surface area contributed by atoms with Gasteiger partial charge in [-0.15, -0.1) is 0 Å². The van der Waals surface area contributed by atoms with Gasteiger partial charge in [-0.3, -0.25) is 25.2 Å². The third-order valence-corrected chi connectivity index (χ3v) is 3.05. The van der Waals surface area contributed by atoms with E-state index >= 15 is 0 Å². The molecule has 0 unspecified atom stereocenters. The van der Waals surface area contributed by atoms with Crippen LogP contribution in [0.4, 0.5) is 4.39 Å². The van der Waals surface area contributed by atoms with E-state index in [2.05, 4.69) is 10.9 Å². The summed E-state index contributed by atoms with van der Waals surface area (Å²) in [6.45, 7) is 1.14. The molecule has 0 radical (unpaired) electrons. The van der Waals surface area contributed by atoms with Crippen LogP contribution >= 0.6 is 0 Å². The molecular weight excluding hydrogens is 315 g/mol. The lowest BCUT2D eigenvalue weighted by molar-refractivity contribution is -0.123. The van der Waals surface area contributed by atoms with Crippen molar-refractivity contribution in [2.45, 2.75) is 6.92 Å². The summed E-state index contributed by atoms with van der Waals surface area (Å²) in [5, 5.41) is 0. The number of ether oxygens (including phenoxy) is 1. The van der Waals surface area contributed by atoms with E-state index in [-0.39, 0.29) is 18.0 Å². The molecule has 0 saturated heterocycles. The van der Waals surface area contributed by atoms with Crippen molar-refractivity contribution in [1.82, 2.24) is 10.9 Å². The summed E-state index contributed by atoms with van der Waals surface area (Å²) >= 11 is 0. The van der Waals surface area contributed by atoms with Crippen LogP contribution in [-0.2, 0) is 4.79 Å². The van der Waals surface area contributed by atoms with Crippen LogP contribution in [0.3, 0.4) is 0 Å². The van der Waals surface area contributed by atoms with Crippen molar-refractivity contribution >= 4 is 17.6 Å². The molecule has 0 fully saturated rings. The summed E-state index contributed by atoms with van der Waals surface area (Å²) in [6, 6.07) is 11.2. The Hall–Kier alpha value is -3.22. The first-order valence-corrected chi connectivity index (χ1v) is 7.04. The lowest BCUT2D eigenvalue weighted by Crippen LogP contribution is -2.43. The molecule has 124 valence electrons. The van der Waals surface area contributed by atoms with Gasteiger partial charge in [-0.1, -0.05) is 0 Å². The highest BCUT2D eigenvalue weighted by Gasteiger charge is 2.08. The van der Waals surface area contributed by atoms with Crippen molar-refractivity contribution in [3.05, 3.63) is 65.5 Å². The van der Waals surface area contributed by atoms with Crippen LogP contribution in [0, 0.1) is 5.82 Å². The molecule has 7 heteroatoms. The van der Waals surface area contributed by atoms with Crippen molar-refractivity contribution in [3.63, 3.8) is 0 Å². The molecule has 0 atom stereocenters. The smallest absolute Gasteiger partial charge is 0.276 e. The molecule has 6 nitrogen and oxygen atoms in total. The van der Waals surface area contributed by atoms with Crippen molar-refractivity contribution < 1.29 is 23.5 Å². The quantitative estimate of drug-likeness (QED) is 0.647. The van der Waals surface area contributed by atoms with Gasteiger partial charge < -0.3 is 4.74 Å². The Morgan fingerprint density at radius 1 is 0.917 bits per heavy atom. The fraction of sp³-hybridized carbons (Fsp3) is 0.118. The molecular formula is C17H15FN2O4. The molecule has 2 aromatic carbocycles. The van der Waals surface area contributed by atoms with Gasteiger partial charge in [-0.05, 0) is 55.5 Å². The summed E-state index contributed by atoms with van der Waals surface area (Å²) < 4.78 is 18.0. The topological polar surface area (TPSA) is 84.5 Å². The normalized spacial score (nSPS) is 9.92. The highest BCUT2D eigenvalue weighted by molar-refractivity contribution is 5.95. The van der Waals surface area contributed by atoms with Crippen molar-refractivity contribution in [2.24, 2.45) is 0 Å². The predicted molar refractivity (Wildman–Crippen MR) is 84.0 cm³/mol. The third-order valence-electron chi connectivity index (χ3n) is 3.05. The first-order chi connectivity index (χ1) is 11.5. The second-order valence-corrected chi connectivity index (χ2v) is 4.88. The standard InChI is InChI=1S/C17H15FN2O4/c1-11(21)12-4-8-15(9-5-12)24-10-16(22)19-20-17(23)13-2-6-14(18)7-3-13/h2-9H,10H2,1H3,(H,19,22)(H,20,23). The highest BCUT2D eigenvalue weighted by atomic mass is 19.1. The molecule has 2 aromatic rings. The maximum absolute atomic E-state index is 12.8. The molecule has 0 aromatic heterocycles. The summed E-state index contributed by atoms with van der Waals surface area (Å²) in [7, 11) is 0. The number of benzene rings is 2. The zero-order valence-electron chi connectivity index (χ0n) is 12.8. The highest BCUT2D eigenvalue weighted by Crippen LogP contribution is 2.12. The van der Waals surface area contributed by atoms with E-state index in [1.807, 2.05) is 0 Å². The predicted octanol–water partition coefficient (Wildman–Crippen LogP) is 1.87. The molecule has 0 saturated carbocycles. The number of ketones is 1. The second-order valence-electron chi connectivity index (χ2n) is 4.88. The van der Waals surface area contributed by atoms with Crippen LogP contribution in [0.2, 0.25) is 0 Å². The fourth-order valence-corrected chi connectivity index (χ4v) is 1.77. The average Bonchev–Trinajstić information content (AvgIpc) is 2.58. The number of carbonyl (C=O) groups excluding carboxylic acids is 3. The zero-order chi connectivity index (χ0) is 17.5. The molecule has 0 aliphatic rings. The van der Waals surface area contributed by atoms with Crippen LogP contribution in [0.25, 0.3) is 0 Å². The Labute approximate surface area is 137 Å². The van der Waals surface area contributed by atoms with E-state index in [0.29, 0.717) is 11.3 Å². The van der Waals surface area contributed by atoms with Gasteiger partial charge in [-0.25, -0.2) is 4.39 Å². The third kappa shape index (κ3) is 4.91. The SMILES string of the molecule is CC(=O)c1ccc(OCC(=O)NNC(=O)c2ccc(F)cc2)cc1. The van der Waals surface area contributed by atoms with Crippen LogP contribution in [0.5, 0.6) is 5.75 Å². The lowest BCUT2D eigenvalue weighted by atomic mass is 10.1. The Kier molecular flexibility index (Phi) is 5.62. The minimum Gasteiger partial charge on any atom is -0.484 e. The Morgan fingerprint density at radius 2 is 1.50 bits per heavy atom. The van der Waals surface area contributed by atoms with Crippen LogP contribution in [0.1, 0.15) is 27.6 Å². The van der Waals surface area contributed by atoms with Gasteiger partial charge in [0.1, 0.15) is 11.6 Å². The fourth-order valence-electron chi connectivity index (χ4n) is 1.77. The average molecular weight is 330 g/mol. The van der Waals surface area contributed by atoms with Gasteiger partial charge in [0.05, 0.1) is 0 Å². The van der Waals surface area contributed by atoms with E-state index < -0.39 is 17.6 Å². The van der Waals surface area contributed by atoms with Crippen LogP contribution in [-0.4, -0.2) is 24.2 Å². The van der Waals surface area contributed by atoms with E-state index in [1.54, 1.807) is 24.3 Å². The van der Waals surface area contributed by atoms with E-state index in [9.17, 15) is 18.8 Å². The minimum atomic E-state index is -0.575. The first kappa shape index (κ1) is 17.1. The van der Waals surface area contributed by atoms with Gasteiger partial charge in [0.25, 0.3) is 11.8 Å². The molecule has 2 amide bonds. The van der Waals surface area contributed by atoms with E-state index in [0.717, 1.165) is 12.1 Å². The zero-order valence-corrected chi connectivity index (χ0v) is 12.8. The summed E-state index contributed by atoms with van der Waals surface area (Å²) in [4.78, 5) is 34.5. The van der Waals surface area contributed by atoms with E-state index in [1.165, 1.54) is 19.1 Å². The number of rotatable bonds is 5. The van der Waals surface area contributed by atoms with Crippen molar-refractivity contribution in [1.29, 1.82) is 0 Å². The Bertz CT molecular complexity index is 742.